The first-order chi connectivity index (χ1) is 9.70. The number of ether oxygens (including phenoxy) is 1. The molecule has 0 spiro atoms. The molecule has 1 heterocycles. The van der Waals surface area contributed by atoms with Gasteiger partial charge >= 0.3 is 0 Å². The predicted octanol–water partition coefficient (Wildman–Crippen LogP) is 3.97. The van der Waals surface area contributed by atoms with E-state index in [0.717, 1.165) is 29.7 Å². The lowest BCUT2D eigenvalue weighted by atomic mass is 10.1. The highest BCUT2D eigenvalue weighted by molar-refractivity contribution is 6.31. The van der Waals surface area contributed by atoms with E-state index in [2.05, 4.69) is 10.3 Å². The average Bonchev–Trinajstić information content (AvgIpc) is 2.47. The van der Waals surface area contributed by atoms with Crippen molar-refractivity contribution < 1.29 is 4.74 Å². The quantitative estimate of drug-likeness (QED) is 0.855. The van der Waals surface area contributed by atoms with Crippen LogP contribution in [0.25, 0.3) is 0 Å². The molecule has 1 aromatic carbocycles. The molecule has 0 bridgehead atoms. The summed E-state index contributed by atoms with van der Waals surface area (Å²) >= 11 is 6.25. The molecule has 0 amide bonds. The van der Waals surface area contributed by atoms with Crippen LogP contribution >= 0.6 is 11.6 Å². The minimum absolute atomic E-state index is 0.590. The van der Waals surface area contributed by atoms with Crippen LogP contribution in [0.2, 0.25) is 0 Å². The number of nitrogens with one attached hydrogen (secondary N) is 1. The van der Waals surface area contributed by atoms with Gasteiger partial charge in [-0.3, -0.25) is 4.99 Å². The molecule has 0 saturated carbocycles. The Labute approximate surface area is 125 Å². The summed E-state index contributed by atoms with van der Waals surface area (Å²) in [6.45, 7) is 2.61. The van der Waals surface area contributed by atoms with Crippen LogP contribution in [0.3, 0.4) is 0 Å². The highest BCUT2D eigenvalue weighted by Crippen LogP contribution is 2.18. The lowest BCUT2D eigenvalue weighted by Gasteiger charge is -2.16. The van der Waals surface area contributed by atoms with E-state index in [1.165, 1.54) is 0 Å². The smallest absolute Gasteiger partial charge is 0.169 e. The van der Waals surface area contributed by atoms with Gasteiger partial charge in [-0.05, 0) is 37.0 Å². The molecule has 4 heteroatoms. The van der Waals surface area contributed by atoms with Gasteiger partial charge in [0.15, 0.2) is 11.6 Å². The second-order valence-corrected chi connectivity index (χ2v) is 5.06. The molecule has 1 aromatic rings. The third-order valence-electron chi connectivity index (χ3n) is 3.17. The highest BCUT2D eigenvalue weighted by atomic mass is 35.5. The van der Waals surface area contributed by atoms with Crippen molar-refractivity contribution in [2.24, 2.45) is 4.99 Å². The third kappa shape index (κ3) is 3.87. The van der Waals surface area contributed by atoms with Crippen molar-refractivity contribution in [1.29, 1.82) is 0 Å². The second-order valence-electron chi connectivity index (χ2n) is 4.68. The minimum atomic E-state index is 0.590. The average molecular weight is 291 g/mol. The first kappa shape index (κ1) is 14.7. The Balaban J connectivity index is 2.22. The number of nitrogens with zero attached hydrogens (tertiary/aromatic N) is 1. The van der Waals surface area contributed by atoms with Crippen molar-refractivity contribution in [2.75, 3.05) is 7.11 Å². The Kier molecular flexibility index (Phi) is 5.24. The van der Waals surface area contributed by atoms with Gasteiger partial charge in [0.2, 0.25) is 0 Å². The normalized spacial score (nSPS) is 18.1. The number of aliphatic imine (C=N–C) groups is 1. The van der Waals surface area contributed by atoms with Gasteiger partial charge in [0.05, 0.1) is 13.7 Å². The van der Waals surface area contributed by atoms with Crippen LogP contribution in [0, 0.1) is 0 Å². The van der Waals surface area contributed by atoms with Gasteiger partial charge in [0.25, 0.3) is 0 Å². The van der Waals surface area contributed by atoms with Gasteiger partial charge in [-0.25, -0.2) is 0 Å². The number of halogens is 1. The van der Waals surface area contributed by atoms with Crippen molar-refractivity contribution in [3.8, 4) is 0 Å². The van der Waals surface area contributed by atoms with Crippen molar-refractivity contribution in [2.45, 2.75) is 26.3 Å². The highest BCUT2D eigenvalue weighted by Gasteiger charge is 2.13. The predicted molar refractivity (Wildman–Crippen MR) is 83.6 cm³/mol. The fourth-order valence-electron chi connectivity index (χ4n) is 1.95. The summed E-state index contributed by atoms with van der Waals surface area (Å²) < 4.78 is 5.40. The molecule has 1 aliphatic heterocycles. The second kappa shape index (κ2) is 7.15. The molecule has 2 rings (SSSR count). The Bertz CT molecular complexity index is 547. The minimum Gasteiger partial charge on any atom is -0.493 e. The Morgan fingerprint density at radius 3 is 2.75 bits per heavy atom. The van der Waals surface area contributed by atoms with E-state index < -0.39 is 0 Å². The first-order valence-electron chi connectivity index (χ1n) is 6.66. The van der Waals surface area contributed by atoms with Crippen LogP contribution in [0.15, 0.2) is 57.9 Å². The van der Waals surface area contributed by atoms with Gasteiger partial charge < -0.3 is 10.1 Å². The number of methoxy groups -OCH3 is 1. The number of hydrogen-bond donors (Lipinski definition) is 1. The molecule has 0 unspecified atom stereocenters. The maximum Gasteiger partial charge on any atom is 0.169 e. The van der Waals surface area contributed by atoms with Gasteiger partial charge in [-0.2, -0.15) is 0 Å². The van der Waals surface area contributed by atoms with E-state index in [4.69, 9.17) is 16.3 Å². The molecular formula is C16H19ClN2O. The zero-order chi connectivity index (χ0) is 14.4. The number of rotatable bonds is 3. The van der Waals surface area contributed by atoms with Crippen LogP contribution in [0.1, 0.15) is 25.3 Å². The van der Waals surface area contributed by atoms with Gasteiger partial charge in [-0.15, -0.1) is 0 Å². The monoisotopic (exact) mass is 290 g/mol. The van der Waals surface area contributed by atoms with E-state index in [-0.39, 0.29) is 0 Å². The zero-order valence-corrected chi connectivity index (χ0v) is 12.6. The SMILES string of the molecule is COC1=CCCC(C)=C(Cl)NC1=NCc1ccccc1. The zero-order valence-electron chi connectivity index (χ0n) is 11.8. The standard InChI is InChI=1S/C16H19ClN2O/c1-12-7-6-10-14(20-2)16(19-15(12)17)18-11-13-8-4-3-5-9-13/h3-5,8-10H,6-7,11H2,1-2H3,(H,18,19). The van der Waals surface area contributed by atoms with Crippen LogP contribution in [0.5, 0.6) is 0 Å². The van der Waals surface area contributed by atoms with Crippen LogP contribution < -0.4 is 5.32 Å². The Hall–Kier alpha value is -1.74. The van der Waals surface area contributed by atoms with Gasteiger partial charge in [-0.1, -0.05) is 41.9 Å². The maximum absolute atomic E-state index is 6.25. The molecule has 0 saturated heterocycles. The summed E-state index contributed by atoms with van der Waals surface area (Å²) in [7, 11) is 1.65. The van der Waals surface area contributed by atoms with E-state index in [1.807, 2.05) is 43.3 Å². The Morgan fingerprint density at radius 1 is 1.30 bits per heavy atom. The molecule has 0 aromatic heterocycles. The summed E-state index contributed by atoms with van der Waals surface area (Å²) in [5, 5.41) is 3.78. The van der Waals surface area contributed by atoms with E-state index in [9.17, 15) is 0 Å². The summed E-state index contributed by atoms with van der Waals surface area (Å²) in [5.74, 6) is 1.42. The number of hydrogen-bond acceptors (Lipinski definition) is 2. The molecule has 1 aliphatic rings. The van der Waals surface area contributed by atoms with Gasteiger partial charge in [0, 0.05) is 0 Å². The molecular weight excluding hydrogens is 272 g/mol. The van der Waals surface area contributed by atoms with Crippen LogP contribution in [0.4, 0.5) is 0 Å². The number of benzene rings is 1. The molecule has 0 aliphatic carbocycles. The fraction of sp³-hybridized carbons (Fsp3) is 0.312. The van der Waals surface area contributed by atoms with Crippen molar-refractivity contribution in [3.05, 3.63) is 58.5 Å². The lowest BCUT2D eigenvalue weighted by Crippen LogP contribution is -2.25. The topological polar surface area (TPSA) is 33.6 Å². The fourth-order valence-corrected chi connectivity index (χ4v) is 2.13. The van der Waals surface area contributed by atoms with Gasteiger partial charge in [0.1, 0.15) is 5.16 Å². The summed E-state index contributed by atoms with van der Waals surface area (Å²) in [6, 6.07) is 10.1. The number of amidine groups is 1. The van der Waals surface area contributed by atoms with Crippen molar-refractivity contribution in [1.82, 2.24) is 5.32 Å². The van der Waals surface area contributed by atoms with Crippen molar-refractivity contribution in [3.63, 3.8) is 0 Å². The third-order valence-corrected chi connectivity index (χ3v) is 3.58. The molecule has 1 N–H and O–H groups in total. The molecule has 0 fully saturated rings. The molecule has 106 valence electrons. The maximum atomic E-state index is 6.25. The molecule has 3 nitrogen and oxygen atoms in total. The number of allylic oxidation sites excluding steroid dienone is 2. The molecule has 20 heavy (non-hydrogen) atoms. The van der Waals surface area contributed by atoms with Crippen LogP contribution in [-0.2, 0) is 11.3 Å². The van der Waals surface area contributed by atoms with E-state index in [1.54, 1.807) is 7.11 Å². The van der Waals surface area contributed by atoms with E-state index in [0.29, 0.717) is 17.5 Å². The van der Waals surface area contributed by atoms with Crippen LogP contribution in [-0.4, -0.2) is 12.9 Å². The summed E-state index contributed by atoms with van der Waals surface area (Å²) in [6.07, 6.45) is 3.87. The molecule has 0 atom stereocenters. The largest absolute Gasteiger partial charge is 0.493 e. The molecule has 0 radical (unpaired) electrons. The Morgan fingerprint density at radius 2 is 2.05 bits per heavy atom. The first-order valence-corrected chi connectivity index (χ1v) is 7.03. The summed E-state index contributed by atoms with van der Waals surface area (Å²) in [4.78, 5) is 4.59. The lowest BCUT2D eigenvalue weighted by molar-refractivity contribution is 0.311. The summed E-state index contributed by atoms with van der Waals surface area (Å²) in [5.41, 5.74) is 2.28. The van der Waals surface area contributed by atoms with Crippen molar-refractivity contribution >= 4 is 17.4 Å². The van der Waals surface area contributed by atoms with E-state index >= 15 is 0 Å².